The first-order valence-corrected chi connectivity index (χ1v) is 9.13. The highest BCUT2D eigenvalue weighted by Crippen LogP contribution is 2.23. The molecule has 0 saturated heterocycles. The number of hydrogen-bond donors (Lipinski definition) is 2. The molecule has 2 rings (SSSR count). The summed E-state index contributed by atoms with van der Waals surface area (Å²) in [6.07, 6.45) is 1.86. The van der Waals surface area contributed by atoms with Gasteiger partial charge in [-0.3, -0.25) is 9.59 Å². The molecule has 0 fully saturated rings. The fraction of sp³-hybridized carbons (Fsp3) is 0.350. The smallest absolute Gasteiger partial charge is 0.349 e. The molecule has 0 aliphatic heterocycles. The van der Waals surface area contributed by atoms with Crippen molar-refractivity contribution in [1.82, 2.24) is 5.32 Å². The Hall–Kier alpha value is -2.60. The van der Waals surface area contributed by atoms with Crippen LogP contribution in [-0.4, -0.2) is 18.9 Å². The number of benzene rings is 1. The van der Waals surface area contributed by atoms with Gasteiger partial charge in [0, 0.05) is 18.7 Å². The summed E-state index contributed by atoms with van der Waals surface area (Å²) < 4.78 is 5.36. The predicted octanol–water partition coefficient (Wildman–Crippen LogP) is 4.12. The molecule has 6 nitrogen and oxygen atoms in total. The monoisotopic (exact) mass is 390 g/mol. The highest BCUT2D eigenvalue weighted by Gasteiger charge is 2.19. The van der Waals surface area contributed by atoms with E-state index in [4.69, 9.17) is 16.0 Å². The lowest BCUT2D eigenvalue weighted by atomic mass is 10.0. The second-order valence-electron chi connectivity index (χ2n) is 6.41. The fourth-order valence-electron chi connectivity index (χ4n) is 2.83. The highest BCUT2D eigenvalue weighted by molar-refractivity contribution is 6.34. The number of rotatable bonds is 6. The minimum Gasteiger partial charge on any atom is -0.427 e. The quantitative estimate of drug-likeness (QED) is 0.776. The van der Waals surface area contributed by atoms with Crippen LogP contribution < -0.4 is 16.3 Å². The Morgan fingerprint density at radius 1 is 1.22 bits per heavy atom. The van der Waals surface area contributed by atoms with Gasteiger partial charge in [0.2, 0.25) is 0 Å². The molecule has 1 unspecified atom stereocenters. The molecule has 1 aromatic carbocycles. The van der Waals surface area contributed by atoms with Crippen LogP contribution in [-0.2, 0) is 0 Å². The number of amides is 2. The van der Waals surface area contributed by atoms with E-state index in [1.807, 2.05) is 6.92 Å². The molecule has 144 valence electrons. The van der Waals surface area contributed by atoms with E-state index >= 15 is 0 Å². The third-order valence-electron chi connectivity index (χ3n) is 4.30. The molecule has 1 heterocycles. The van der Waals surface area contributed by atoms with Crippen molar-refractivity contribution < 1.29 is 14.0 Å². The van der Waals surface area contributed by atoms with Gasteiger partial charge in [-0.25, -0.2) is 4.79 Å². The Balaban J connectivity index is 2.27. The molecule has 0 spiro atoms. The molecule has 2 N–H and O–H groups in total. The maximum absolute atomic E-state index is 12.6. The van der Waals surface area contributed by atoms with Gasteiger partial charge in [-0.2, -0.15) is 0 Å². The Morgan fingerprint density at radius 2 is 1.93 bits per heavy atom. The summed E-state index contributed by atoms with van der Waals surface area (Å²) in [5.41, 5.74) is 0.504. The molecule has 1 atom stereocenters. The van der Waals surface area contributed by atoms with Crippen LogP contribution in [0.1, 0.15) is 64.6 Å². The van der Waals surface area contributed by atoms with Crippen molar-refractivity contribution in [2.45, 2.75) is 39.5 Å². The van der Waals surface area contributed by atoms with E-state index in [9.17, 15) is 14.4 Å². The third-order valence-corrected chi connectivity index (χ3v) is 4.61. The lowest BCUT2D eigenvalue weighted by Crippen LogP contribution is -2.23. The average molecular weight is 391 g/mol. The van der Waals surface area contributed by atoms with E-state index in [-0.39, 0.29) is 22.4 Å². The van der Waals surface area contributed by atoms with Gasteiger partial charge >= 0.3 is 5.63 Å². The summed E-state index contributed by atoms with van der Waals surface area (Å²) >= 11 is 6.09. The number of anilines is 1. The topological polar surface area (TPSA) is 88.4 Å². The van der Waals surface area contributed by atoms with Crippen LogP contribution in [0.25, 0.3) is 0 Å². The van der Waals surface area contributed by atoms with E-state index in [0.717, 1.165) is 12.8 Å². The van der Waals surface area contributed by atoms with Gasteiger partial charge in [0.05, 0.1) is 10.6 Å². The molecule has 2 amide bonds. The minimum atomic E-state index is -0.668. The number of nitrogens with one attached hydrogen (secondary N) is 2. The zero-order chi connectivity index (χ0) is 20.1. The molecular weight excluding hydrogens is 368 g/mol. The molecule has 0 saturated carbocycles. The molecule has 27 heavy (non-hydrogen) atoms. The SMILES string of the molecule is CCCC(C)c1cc(C)c(C(=O)Nc2ccc(C(=O)NC)c(Cl)c2)c(=O)o1. The summed E-state index contributed by atoms with van der Waals surface area (Å²) in [7, 11) is 1.50. The zero-order valence-electron chi connectivity index (χ0n) is 15.8. The lowest BCUT2D eigenvalue weighted by Gasteiger charge is -2.12. The molecular formula is C20H23ClN2O4. The standard InChI is InChI=1S/C20H23ClN2O4/c1-5-6-11(2)16-9-12(3)17(20(26)27-16)19(25)23-13-7-8-14(15(21)10-13)18(24)22-4/h7-11H,5-6H2,1-4H3,(H,22,24)(H,23,25). The van der Waals surface area contributed by atoms with Crippen LogP contribution in [0.3, 0.4) is 0 Å². The van der Waals surface area contributed by atoms with Gasteiger partial charge in [0.15, 0.2) is 0 Å². The summed E-state index contributed by atoms with van der Waals surface area (Å²) in [4.78, 5) is 36.6. The molecule has 1 aromatic heterocycles. The molecule has 7 heteroatoms. The van der Waals surface area contributed by atoms with Crippen molar-refractivity contribution in [1.29, 1.82) is 0 Å². The van der Waals surface area contributed by atoms with E-state index in [2.05, 4.69) is 17.6 Å². The maximum atomic E-state index is 12.6. The van der Waals surface area contributed by atoms with Gasteiger partial charge in [-0.05, 0) is 43.2 Å². The molecule has 0 bridgehead atoms. The Labute approximate surface area is 162 Å². The average Bonchev–Trinajstić information content (AvgIpc) is 2.60. The van der Waals surface area contributed by atoms with Crippen LogP contribution in [0.2, 0.25) is 5.02 Å². The first-order chi connectivity index (χ1) is 12.8. The van der Waals surface area contributed by atoms with Gasteiger partial charge in [-0.15, -0.1) is 0 Å². The normalized spacial score (nSPS) is 11.7. The van der Waals surface area contributed by atoms with Gasteiger partial charge < -0.3 is 15.1 Å². The number of carbonyl (C=O) groups is 2. The van der Waals surface area contributed by atoms with Crippen LogP contribution in [0, 0.1) is 6.92 Å². The highest BCUT2D eigenvalue weighted by atomic mass is 35.5. The van der Waals surface area contributed by atoms with Crippen molar-refractivity contribution in [3.05, 3.63) is 62.2 Å². The van der Waals surface area contributed by atoms with Gasteiger partial charge in [-0.1, -0.05) is 31.9 Å². The molecule has 2 aromatic rings. The second-order valence-corrected chi connectivity index (χ2v) is 6.82. The molecule has 0 aliphatic rings. The number of halogens is 1. The predicted molar refractivity (Wildman–Crippen MR) is 106 cm³/mol. The van der Waals surface area contributed by atoms with Crippen LogP contribution in [0.4, 0.5) is 5.69 Å². The van der Waals surface area contributed by atoms with E-state index < -0.39 is 11.5 Å². The molecule has 0 radical (unpaired) electrons. The third kappa shape index (κ3) is 4.77. The lowest BCUT2D eigenvalue weighted by molar-refractivity contribution is 0.0962. The van der Waals surface area contributed by atoms with E-state index in [1.165, 1.54) is 19.2 Å². The maximum Gasteiger partial charge on any atom is 0.349 e. The number of carbonyl (C=O) groups excluding carboxylic acids is 2. The van der Waals surface area contributed by atoms with Crippen molar-refractivity contribution in [2.24, 2.45) is 0 Å². The first-order valence-electron chi connectivity index (χ1n) is 8.76. The fourth-order valence-corrected chi connectivity index (χ4v) is 3.10. The minimum absolute atomic E-state index is 0.0473. The largest absolute Gasteiger partial charge is 0.427 e. The van der Waals surface area contributed by atoms with Crippen molar-refractivity contribution >= 4 is 29.1 Å². The summed E-state index contributed by atoms with van der Waals surface area (Å²) in [5.74, 6) is -0.227. The summed E-state index contributed by atoms with van der Waals surface area (Å²) in [5, 5.41) is 5.30. The first kappa shape index (κ1) is 20.7. The van der Waals surface area contributed by atoms with Gasteiger partial charge in [0.25, 0.3) is 11.8 Å². The summed E-state index contributed by atoms with van der Waals surface area (Å²) in [6.45, 7) is 5.75. The summed E-state index contributed by atoms with van der Waals surface area (Å²) in [6, 6.07) is 6.24. The van der Waals surface area contributed by atoms with Crippen molar-refractivity contribution in [3.63, 3.8) is 0 Å². The van der Waals surface area contributed by atoms with Crippen LogP contribution >= 0.6 is 11.6 Å². The van der Waals surface area contributed by atoms with E-state index in [1.54, 1.807) is 19.1 Å². The Kier molecular flexibility index (Phi) is 6.80. The van der Waals surface area contributed by atoms with Crippen LogP contribution in [0.15, 0.2) is 33.5 Å². The van der Waals surface area contributed by atoms with Gasteiger partial charge in [0.1, 0.15) is 11.3 Å². The number of aryl methyl sites for hydroxylation is 1. The van der Waals surface area contributed by atoms with Crippen molar-refractivity contribution in [2.75, 3.05) is 12.4 Å². The van der Waals surface area contributed by atoms with Crippen molar-refractivity contribution in [3.8, 4) is 0 Å². The molecule has 0 aliphatic carbocycles. The second kappa shape index (κ2) is 8.86. The number of hydrogen-bond acceptors (Lipinski definition) is 4. The zero-order valence-corrected chi connectivity index (χ0v) is 16.6. The van der Waals surface area contributed by atoms with Crippen LogP contribution in [0.5, 0.6) is 0 Å². The van der Waals surface area contributed by atoms with E-state index in [0.29, 0.717) is 22.6 Å². The Morgan fingerprint density at radius 3 is 2.48 bits per heavy atom. The Bertz CT molecular complexity index is 921.